The minimum Gasteiger partial charge on any atom is -0.372 e. The van der Waals surface area contributed by atoms with Gasteiger partial charge < -0.3 is 24.0 Å². The number of carbonyl (C=O) groups is 1. The molecule has 0 bridgehead atoms. The van der Waals surface area contributed by atoms with Crippen LogP contribution in [0.25, 0.3) is 10.9 Å². The molecule has 7 nitrogen and oxygen atoms in total. The van der Waals surface area contributed by atoms with Gasteiger partial charge in [-0.2, -0.15) is 0 Å². The first-order valence-corrected chi connectivity index (χ1v) is 11.0. The van der Waals surface area contributed by atoms with E-state index in [0.29, 0.717) is 68.7 Å². The summed E-state index contributed by atoms with van der Waals surface area (Å²) in [4.78, 5) is 22.0. The van der Waals surface area contributed by atoms with Crippen molar-refractivity contribution in [3.63, 3.8) is 0 Å². The summed E-state index contributed by atoms with van der Waals surface area (Å²) in [7, 11) is 0. The summed E-state index contributed by atoms with van der Waals surface area (Å²) in [6.45, 7) is 7.52. The van der Waals surface area contributed by atoms with Crippen LogP contribution in [0.4, 0.5) is 10.1 Å². The summed E-state index contributed by atoms with van der Waals surface area (Å²) in [6.07, 6.45) is 2.97. The number of ether oxygens (including phenoxy) is 3. The summed E-state index contributed by atoms with van der Waals surface area (Å²) < 4.78 is 31.7. The van der Waals surface area contributed by atoms with Crippen molar-refractivity contribution < 1.29 is 23.4 Å². The topological polar surface area (TPSA) is 64.1 Å². The number of rotatable bonds is 2. The van der Waals surface area contributed by atoms with Gasteiger partial charge in [-0.3, -0.25) is 9.78 Å². The molecule has 0 saturated carbocycles. The lowest BCUT2D eigenvalue weighted by Gasteiger charge is -2.40. The number of benzene rings is 1. The molecule has 3 aliphatic heterocycles. The van der Waals surface area contributed by atoms with Crippen molar-refractivity contribution in [2.24, 2.45) is 0 Å². The zero-order valence-electron chi connectivity index (χ0n) is 18.0. The third-order valence-corrected chi connectivity index (χ3v) is 6.39. The van der Waals surface area contributed by atoms with E-state index in [1.54, 1.807) is 12.3 Å². The first-order valence-electron chi connectivity index (χ1n) is 11.0. The molecule has 1 spiro atoms. The quantitative estimate of drug-likeness (QED) is 0.732. The van der Waals surface area contributed by atoms with Gasteiger partial charge in [-0.25, -0.2) is 4.39 Å². The van der Waals surface area contributed by atoms with E-state index in [1.807, 2.05) is 18.7 Å². The van der Waals surface area contributed by atoms with Crippen LogP contribution in [0.1, 0.15) is 37.0 Å². The van der Waals surface area contributed by atoms with Gasteiger partial charge in [-0.05, 0) is 32.0 Å². The molecular weight excluding hydrogens is 401 g/mol. The molecule has 0 radical (unpaired) electrons. The highest BCUT2D eigenvalue weighted by Gasteiger charge is 2.41. The largest absolute Gasteiger partial charge is 0.372 e. The predicted octanol–water partition coefficient (Wildman–Crippen LogP) is 2.97. The van der Waals surface area contributed by atoms with E-state index in [-0.39, 0.29) is 23.9 Å². The predicted molar refractivity (Wildman–Crippen MR) is 114 cm³/mol. The Hall–Kier alpha value is -2.29. The van der Waals surface area contributed by atoms with Gasteiger partial charge in [0.1, 0.15) is 5.82 Å². The second-order valence-corrected chi connectivity index (χ2v) is 8.74. The molecule has 3 saturated heterocycles. The SMILES string of the molecule is CC1CN(C(=O)c2cnc3ccc(F)cc3c2N2CCC3(CC2)OCCO3)CC(C)O1. The van der Waals surface area contributed by atoms with Gasteiger partial charge >= 0.3 is 0 Å². The zero-order valence-corrected chi connectivity index (χ0v) is 18.0. The average molecular weight is 429 g/mol. The van der Waals surface area contributed by atoms with E-state index < -0.39 is 5.79 Å². The third kappa shape index (κ3) is 3.88. The summed E-state index contributed by atoms with van der Waals surface area (Å²) in [5.41, 5.74) is 1.92. The Bertz CT molecular complexity index is 974. The number of amides is 1. The molecule has 2 aromatic rings. The van der Waals surface area contributed by atoms with E-state index in [2.05, 4.69) is 9.88 Å². The average Bonchev–Trinajstić information content (AvgIpc) is 3.20. The van der Waals surface area contributed by atoms with Crippen LogP contribution in [0.3, 0.4) is 0 Å². The number of nitrogens with zero attached hydrogens (tertiary/aromatic N) is 3. The van der Waals surface area contributed by atoms with Crippen molar-refractivity contribution in [1.29, 1.82) is 0 Å². The van der Waals surface area contributed by atoms with E-state index in [9.17, 15) is 9.18 Å². The smallest absolute Gasteiger partial charge is 0.257 e. The molecule has 8 heteroatoms. The van der Waals surface area contributed by atoms with Crippen molar-refractivity contribution >= 4 is 22.5 Å². The van der Waals surface area contributed by atoms with Gasteiger partial charge in [0.15, 0.2) is 5.79 Å². The fourth-order valence-electron chi connectivity index (χ4n) is 5.02. The zero-order chi connectivity index (χ0) is 21.6. The summed E-state index contributed by atoms with van der Waals surface area (Å²) in [6, 6.07) is 4.54. The molecule has 1 aromatic heterocycles. The van der Waals surface area contributed by atoms with Crippen LogP contribution in [0, 0.1) is 5.82 Å². The van der Waals surface area contributed by atoms with Gasteiger partial charge in [0, 0.05) is 50.6 Å². The van der Waals surface area contributed by atoms with Gasteiger partial charge in [0.05, 0.1) is 42.2 Å². The van der Waals surface area contributed by atoms with E-state index in [4.69, 9.17) is 14.2 Å². The second kappa shape index (κ2) is 8.00. The van der Waals surface area contributed by atoms with Crippen LogP contribution in [0.2, 0.25) is 0 Å². The highest BCUT2D eigenvalue weighted by atomic mass is 19.1. The van der Waals surface area contributed by atoms with Crippen LogP contribution >= 0.6 is 0 Å². The Labute approximate surface area is 181 Å². The van der Waals surface area contributed by atoms with Gasteiger partial charge in [-0.15, -0.1) is 0 Å². The highest BCUT2D eigenvalue weighted by molar-refractivity contribution is 6.07. The number of halogens is 1. The third-order valence-electron chi connectivity index (χ3n) is 6.39. The molecule has 3 fully saturated rings. The Balaban J connectivity index is 1.53. The number of carbonyl (C=O) groups excluding carboxylic acids is 1. The number of anilines is 1. The number of piperidine rings is 1. The number of morpholine rings is 1. The Kier molecular flexibility index (Phi) is 5.32. The van der Waals surface area contributed by atoms with Gasteiger partial charge in [0.25, 0.3) is 5.91 Å². The molecule has 166 valence electrons. The molecular formula is C23H28FN3O4. The fourth-order valence-corrected chi connectivity index (χ4v) is 5.02. The fraction of sp³-hybridized carbons (Fsp3) is 0.565. The maximum absolute atomic E-state index is 14.2. The molecule has 0 aliphatic carbocycles. The van der Waals surface area contributed by atoms with Crippen molar-refractivity contribution in [2.75, 3.05) is 44.3 Å². The number of fused-ring (bicyclic) bond motifs is 1. The Morgan fingerprint density at radius 1 is 1.13 bits per heavy atom. The molecule has 4 heterocycles. The molecule has 0 N–H and O–H groups in total. The lowest BCUT2D eigenvalue weighted by atomic mass is 9.99. The number of pyridine rings is 1. The van der Waals surface area contributed by atoms with Crippen LogP contribution in [0.15, 0.2) is 24.4 Å². The minimum absolute atomic E-state index is 0.0338. The first-order chi connectivity index (χ1) is 14.9. The molecule has 1 aromatic carbocycles. The highest BCUT2D eigenvalue weighted by Crippen LogP contribution is 2.38. The monoisotopic (exact) mass is 429 g/mol. The second-order valence-electron chi connectivity index (χ2n) is 8.74. The van der Waals surface area contributed by atoms with E-state index in [0.717, 1.165) is 5.69 Å². The van der Waals surface area contributed by atoms with Crippen LogP contribution < -0.4 is 4.90 Å². The number of hydrogen-bond acceptors (Lipinski definition) is 6. The molecule has 1 amide bonds. The Morgan fingerprint density at radius 3 is 2.48 bits per heavy atom. The van der Waals surface area contributed by atoms with Crippen molar-refractivity contribution in [3.05, 3.63) is 35.8 Å². The molecule has 31 heavy (non-hydrogen) atoms. The lowest BCUT2D eigenvalue weighted by Crippen LogP contribution is -2.49. The van der Waals surface area contributed by atoms with Crippen LogP contribution in [-0.2, 0) is 14.2 Å². The maximum Gasteiger partial charge on any atom is 0.257 e. The molecule has 2 atom stereocenters. The lowest BCUT2D eigenvalue weighted by molar-refractivity contribution is -0.169. The Morgan fingerprint density at radius 2 is 1.81 bits per heavy atom. The van der Waals surface area contributed by atoms with Gasteiger partial charge in [-0.1, -0.05) is 0 Å². The summed E-state index contributed by atoms with van der Waals surface area (Å²) in [5, 5.41) is 0.657. The maximum atomic E-state index is 14.2. The van der Waals surface area contributed by atoms with Crippen LogP contribution in [-0.4, -0.2) is 73.2 Å². The van der Waals surface area contributed by atoms with Crippen molar-refractivity contribution in [3.8, 4) is 0 Å². The minimum atomic E-state index is -0.524. The molecule has 3 aliphatic rings. The first kappa shape index (κ1) is 20.6. The van der Waals surface area contributed by atoms with Crippen LogP contribution in [0.5, 0.6) is 0 Å². The standard InChI is InChI=1S/C23H28FN3O4/c1-15-13-27(14-16(2)31-15)22(28)19-12-25-20-4-3-17(24)11-18(20)21(19)26-7-5-23(6-8-26)29-9-10-30-23/h3-4,11-12,15-16H,5-10,13-14H2,1-2H3. The number of aromatic nitrogens is 1. The molecule has 5 rings (SSSR count). The number of hydrogen-bond donors (Lipinski definition) is 0. The summed E-state index contributed by atoms with van der Waals surface area (Å²) in [5.74, 6) is -0.960. The van der Waals surface area contributed by atoms with Crippen molar-refractivity contribution in [1.82, 2.24) is 9.88 Å². The van der Waals surface area contributed by atoms with Crippen molar-refractivity contribution in [2.45, 2.75) is 44.7 Å². The normalized spacial score (nSPS) is 26.0. The summed E-state index contributed by atoms with van der Waals surface area (Å²) >= 11 is 0. The van der Waals surface area contributed by atoms with E-state index in [1.165, 1.54) is 12.1 Å². The van der Waals surface area contributed by atoms with E-state index >= 15 is 0 Å². The molecule has 2 unspecified atom stereocenters. The van der Waals surface area contributed by atoms with Gasteiger partial charge in [0.2, 0.25) is 0 Å².